The maximum Gasteiger partial charge on any atom is 0.261 e. The minimum atomic E-state index is -0.539. The lowest BCUT2D eigenvalue weighted by Crippen LogP contribution is -2.37. The summed E-state index contributed by atoms with van der Waals surface area (Å²) in [6, 6.07) is 13.8. The molecule has 23 heavy (non-hydrogen) atoms. The van der Waals surface area contributed by atoms with Crippen LogP contribution in [0.15, 0.2) is 48.5 Å². The molecular weight excluding hydrogens is 293 g/mol. The van der Waals surface area contributed by atoms with Crippen LogP contribution in [0, 0.1) is 5.82 Å². The fourth-order valence-corrected chi connectivity index (χ4v) is 2.20. The minimum absolute atomic E-state index is 0.170. The van der Waals surface area contributed by atoms with Gasteiger partial charge in [0.05, 0.1) is 0 Å². The maximum absolute atomic E-state index is 12.9. The Kier molecular flexibility index (Phi) is 6.15. The first kappa shape index (κ1) is 17.0. The molecule has 4 heteroatoms. The van der Waals surface area contributed by atoms with Crippen molar-refractivity contribution in [1.29, 1.82) is 0 Å². The summed E-state index contributed by atoms with van der Waals surface area (Å²) in [6.07, 6.45) is 1.00. The molecule has 1 amide bonds. The van der Waals surface area contributed by atoms with Crippen molar-refractivity contribution >= 4 is 5.91 Å². The van der Waals surface area contributed by atoms with Gasteiger partial charge in [-0.15, -0.1) is 0 Å². The smallest absolute Gasteiger partial charge is 0.261 e. The Hall–Kier alpha value is -2.36. The molecule has 0 bridgehead atoms. The number of ether oxygens (including phenoxy) is 1. The molecule has 0 heterocycles. The third-order valence-corrected chi connectivity index (χ3v) is 3.65. The van der Waals surface area contributed by atoms with Gasteiger partial charge in [-0.1, -0.05) is 38.1 Å². The number of benzene rings is 2. The van der Waals surface area contributed by atoms with Crippen molar-refractivity contribution in [3.63, 3.8) is 0 Å². The summed E-state index contributed by atoms with van der Waals surface area (Å²) < 4.78 is 18.6. The molecule has 1 atom stereocenters. The quantitative estimate of drug-likeness (QED) is 0.842. The highest BCUT2D eigenvalue weighted by Gasteiger charge is 2.17. The van der Waals surface area contributed by atoms with E-state index in [2.05, 4.69) is 12.2 Å². The van der Waals surface area contributed by atoms with E-state index in [0.29, 0.717) is 18.7 Å². The van der Waals surface area contributed by atoms with E-state index in [1.54, 1.807) is 12.1 Å². The molecule has 0 aliphatic heterocycles. The average Bonchev–Trinajstić information content (AvgIpc) is 2.59. The van der Waals surface area contributed by atoms with Crippen LogP contribution < -0.4 is 10.1 Å². The van der Waals surface area contributed by atoms with Crippen molar-refractivity contribution in [2.75, 3.05) is 0 Å². The Bertz CT molecular complexity index is 623. The van der Waals surface area contributed by atoms with Crippen molar-refractivity contribution in [1.82, 2.24) is 5.32 Å². The number of hydrogen-bond acceptors (Lipinski definition) is 2. The zero-order valence-corrected chi connectivity index (χ0v) is 13.5. The number of halogens is 1. The second-order valence-electron chi connectivity index (χ2n) is 5.36. The zero-order valence-electron chi connectivity index (χ0n) is 13.5. The van der Waals surface area contributed by atoms with Crippen LogP contribution in [0.3, 0.4) is 0 Å². The van der Waals surface area contributed by atoms with E-state index in [-0.39, 0.29) is 11.7 Å². The summed E-state index contributed by atoms with van der Waals surface area (Å²) in [7, 11) is 0. The molecule has 0 fully saturated rings. The van der Waals surface area contributed by atoms with E-state index in [1.807, 2.05) is 31.2 Å². The number of rotatable bonds is 7. The van der Waals surface area contributed by atoms with Crippen molar-refractivity contribution in [2.24, 2.45) is 0 Å². The summed E-state index contributed by atoms with van der Waals surface area (Å²) in [5.41, 5.74) is 2.08. The van der Waals surface area contributed by atoms with Crippen LogP contribution in [-0.2, 0) is 17.8 Å². The van der Waals surface area contributed by atoms with Crippen molar-refractivity contribution in [2.45, 2.75) is 39.3 Å². The van der Waals surface area contributed by atoms with Crippen LogP contribution in [0.2, 0.25) is 0 Å². The Balaban J connectivity index is 1.90. The van der Waals surface area contributed by atoms with Crippen LogP contribution in [0.25, 0.3) is 0 Å². The molecular formula is C19H22FNO2. The normalized spacial score (nSPS) is 11.8. The summed E-state index contributed by atoms with van der Waals surface area (Å²) in [5, 5.41) is 2.83. The van der Waals surface area contributed by atoms with E-state index in [4.69, 9.17) is 4.74 Å². The first-order valence-electron chi connectivity index (χ1n) is 7.90. The Labute approximate surface area is 136 Å². The summed E-state index contributed by atoms with van der Waals surface area (Å²) in [4.78, 5) is 12.2. The summed E-state index contributed by atoms with van der Waals surface area (Å²) >= 11 is 0. The molecule has 2 rings (SSSR count). The van der Waals surface area contributed by atoms with Gasteiger partial charge >= 0.3 is 0 Å². The van der Waals surface area contributed by atoms with Gasteiger partial charge in [0.1, 0.15) is 11.6 Å². The number of aryl methyl sites for hydroxylation is 1. The van der Waals surface area contributed by atoms with Gasteiger partial charge in [-0.3, -0.25) is 4.79 Å². The average molecular weight is 315 g/mol. The van der Waals surface area contributed by atoms with Crippen LogP contribution in [0.5, 0.6) is 5.75 Å². The van der Waals surface area contributed by atoms with Gasteiger partial charge in [0.25, 0.3) is 5.91 Å². The van der Waals surface area contributed by atoms with Gasteiger partial charge in [0, 0.05) is 6.54 Å². The van der Waals surface area contributed by atoms with Gasteiger partial charge in [-0.05, 0) is 48.2 Å². The van der Waals surface area contributed by atoms with E-state index in [9.17, 15) is 9.18 Å². The lowest BCUT2D eigenvalue weighted by molar-refractivity contribution is -0.128. The van der Waals surface area contributed by atoms with Gasteiger partial charge in [0.15, 0.2) is 6.10 Å². The van der Waals surface area contributed by atoms with Gasteiger partial charge in [-0.25, -0.2) is 4.39 Å². The van der Waals surface area contributed by atoms with E-state index in [0.717, 1.165) is 12.0 Å². The Morgan fingerprint density at radius 2 is 1.65 bits per heavy atom. The molecule has 122 valence electrons. The molecule has 1 N–H and O–H groups in total. The highest BCUT2D eigenvalue weighted by atomic mass is 19.1. The molecule has 2 aromatic carbocycles. The molecule has 0 aromatic heterocycles. The number of carbonyl (C=O) groups excluding carboxylic acids is 1. The first-order valence-corrected chi connectivity index (χ1v) is 7.90. The second-order valence-corrected chi connectivity index (χ2v) is 5.36. The van der Waals surface area contributed by atoms with Crippen molar-refractivity contribution in [3.05, 3.63) is 65.5 Å². The number of amides is 1. The molecule has 3 nitrogen and oxygen atoms in total. The molecule has 2 aromatic rings. The molecule has 0 spiro atoms. The zero-order chi connectivity index (χ0) is 16.7. The summed E-state index contributed by atoms with van der Waals surface area (Å²) in [6.45, 7) is 4.35. The SMILES string of the molecule is CCc1ccc(O[C@H](CC)C(=O)NCc2ccc(F)cc2)cc1. The van der Waals surface area contributed by atoms with Gasteiger partial charge in [-0.2, -0.15) is 0 Å². The minimum Gasteiger partial charge on any atom is -0.481 e. The second kappa shape index (κ2) is 8.32. The summed E-state index contributed by atoms with van der Waals surface area (Å²) in [5.74, 6) is 0.229. The lowest BCUT2D eigenvalue weighted by Gasteiger charge is -2.17. The van der Waals surface area contributed by atoms with Crippen LogP contribution in [0.1, 0.15) is 31.4 Å². The highest BCUT2D eigenvalue weighted by molar-refractivity contribution is 5.81. The third kappa shape index (κ3) is 5.09. The van der Waals surface area contributed by atoms with Crippen LogP contribution >= 0.6 is 0 Å². The lowest BCUT2D eigenvalue weighted by atomic mass is 10.1. The van der Waals surface area contributed by atoms with Gasteiger partial charge < -0.3 is 10.1 Å². The van der Waals surface area contributed by atoms with E-state index >= 15 is 0 Å². The number of nitrogens with one attached hydrogen (secondary N) is 1. The number of hydrogen-bond donors (Lipinski definition) is 1. The van der Waals surface area contributed by atoms with Crippen molar-refractivity contribution < 1.29 is 13.9 Å². The van der Waals surface area contributed by atoms with Crippen LogP contribution in [0.4, 0.5) is 4.39 Å². The Morgan fingerprint density at radius 1 is 1.04 bits per heavy atom. The standard InChI is InChI=1S/C19H22FNO2/c1-3-14-7-11-17(12-8-14)23-18(4-2)19(22)21-13-15-5-9-16(20)10-6-15/h5-12,18H,3-4,13H2,1-2H3,(H,21,22)/t18-/m1/s1. The monoisotopic (exact) mass is 315 g/mol. The molecule has 0 saturated heterocycles. The molecule has 0 aliphatic carbocycles. The number of carbonyl (C=O) groups is 1. The fraction of sp³-hybridized carbons (Fsp3) is 0.316. The first-order chi connectivity index (χ1) is 11.1. The van der Waals surface area contributed by atoms with Crippen molar-refractivity contribution in [3.8, 4) is 5.75 Å². The Morgan fingerprint density at radius 3 is 2.22 bits per heavy atom. The van der Waals surface area contributed by atoms with Gasteiger partial charge in [0.2, 0.25) is 0 Å². The molecule has 0 saturated carbocycles. The van der Waals surface area contributed by atoms with Crippen LogP contribution in [-0.4, -0.2) is 12.0 Å². The predicted octanol–water partition coefficient (Wildman–Crippen LogP) is 3.86. The molecule has 0 aliphatic rings. The largest absolute Gasteiger partial charge is 0.481 e. The fourth-order valence-electron chi connectivity index (χ4n) is 2.20. The molecule has 0 unspecified atom stereocenters. The topological polar surface area (TPSA) is 38.3 Å². The molecule has 0 radical (unpaired) electrons. The van der Waals surface area contributed by atoms with E-state index in [1.165, 1.54) is 17.7 Å². The maximum atomic E-state index is 12.9. The highest BCUT2D eigenvalue weighted by Crippen LogP contribution is 2.15. The third-order valence-electron chi connectivity index (χ3n) is 3.65. The van der Waals surface area contributed by atoms with E-state index < -0.39 is 6.10 Å². The predicted molar refractivity (Wildman–Crippen MR) is 88.8 cm³/mol.